The lowest BCUT2D eigenvalue weighted by molar-refractivity contribution is -0.459. The van der Waals surface area contributed by atoms with Crippen molar-refractivity contribution < 1.29 is 79.4 Å². The zero-order valence-corrected chi connectivity index (χ0v) is 25.7. The zero-order valence-electron chi connectivity index (χ0n) is 25.7. The lowest BCUT2D eigenvalue weighted by atomic mass is 9.68. The molecule has 0 atom stereocenters. The summed E-state index contributed by atoms with van der Waals surface area (Å²) >= 11 is 0. The molecule has 18 heteroatoms. The standard InChI is InChI=1S/C31H33F17O/c1-2-17-5-11-20(12-6-17)21-13-7-18(8-14-21)3-4-19-9-15-22(16-10-19)23(49)24(32,33)25(34,35)26(36,37)27(38,39)28(40,41)29(42,43)30(44,45)31(46,47)48/h9-10,15-18,20-21H,2-8,11-14H2,1H3/t17-,18?,20-,21?. The molecule has 0 aromatic heterocycles. The molecule has 1 nitrogen and oxygen atoms in total. The second kappa shape index (κ2) is 13.7. The molecule has 0 radical (unpaired) electrons. The molecule has 2 aliphatic carbocycles. The van der Waals surface area contributed by atoms with Crippen LogP contribution in [-0.4, -0.2) is 53.4 Å². The van der Waals surface area contributed by atoms with Crippen molar-refractivity contribution in [3.63, 3.8) is 0 Å². The molecular weight excluding hydrogens is 711 g/mol. The Kier molecular flexibility index (Phi) is 11.5. The Hall–Kier alpha value is -2.30. The summed E-state index contributed by atoms with van der Waals surface area (Å²) in [6.07, 6.45) is 2.85. The fourth-order valence-electron chi connectivity index (χ4n) is 6.70. The summed E-state index contributed by atoms with van der Waals surface area (Å²) in [4.78, 5) is 12.1. The van der Waals surface area contributed by atoms with E-state index < -0.39 is 59.0 Å². The van der Waals surface area contributed by atoms with Crippen LogP contribution in [-0.2, 0) is 6.42 Å². The minimum Gasteiger partial charge on any atom is -0.287 e. The molecule has 0 amide bonds. The number of alkyl halides is 17. The van der Waals surface area contributed by atoms with Crippen LogP contribution in [0.4, 0.5) is 74.6 Å². The van der Waals surface area contributed by atoms with Gasteiger partial charge in [-0.25, -0.2) is 0 Å². The molecule has 282 valence electrons. The van der Waals surface area contributed by atoms with E-state index in [0.29, 0.717) is 36.0 Å². The van der Waals surface area contributed by atoms with Crippen LogP contribution in [0.5, 0.6) is 0 Å². The fourth-order valence-corrected chi connectivity index (χ4v) is 6.70. The number of carbonyl (C=O) groups excluding carboxylic acids is 1. The smallest absolute Gasteiger partial charge is 0.287 e. The van der Waals surface area contributed by atoms with Crippen molar-refractivity contribution in [2.45, 2.75) is 125 Å². The first kappa shape index (κ1) is 41.1. The topological polar surface area (TPSA) is 17.1 Å². The summed E-state index contributed by atoms with van der Waals surface area (Å²) in [5.41, 5.74) is -1.21. The third-order valence-corrected chi connectivity index (χ3v) is 10.1. The van der Waals surface area contributed by atoms with Gasteiger partial charge in [-0.05, 0) is 67.8 Å². The number of benzene rings is 1. The van der Waals surface area contributed by atoms with Gasteiger partial charge in [-0.2, -0.15) is 74.6 Å². The van der Waals surface area contributed by atoms with E-state index in [2.05, 4.69) is 6.92 Å². The van der Waals surface area contributed by atoms with Gasteiger partial charge in [0.25, 0.3) is 0 Å². The Bertz CT molecular complexity index is 1270. The van der Waals surface area contributed by atoms with Crippen LogP contribution in [0.15, 0.2) is 24.3 Å². The highest BCUT2D eigenvalue weighted by molar-refractivity contribution is 6.02. The first-order chi connectivity index (χ1) is 22.1. The first-order valence-electron chi connectivity index (χ1n) is 15.5. The van der Waals surface area contributed by atoms with Crippen molar-refractivity contribution in [2.24, 2.45) is 23.7 Å². The summed E-state index contributed by atoms with van der Waals surface area (Å²) in [6, 6.07) is 2.65. The number of carbonyl (C=O) groups is 1. The number of halogens is 17. The van der Waals surface area contributed by atoms with E-state index in [4.69, 9.17) is 0 Å². The normalized spacial score (nSPS) is 24.2. The maximum Gasteiger partial charge on any atom is 0.460 e. The number of hydrogen-bond donors (Lipinski definition) is 0. The predicted molar refractivity (Wildman–Crippen MR) is 141 cm³/mol. The number of Topliss-reactive ketones (excluding diaryl/α,β-unsaturated/α-hetero) is 1. The largest absolute Gasteiger partial charge is 0.460 e. The summed E-state index contributed by atoms with van der Waals surface area (Å²) in [7, 11) is 0. The van der Waals surface area contributed by atoms with Crippen molar-refractivity contribution in [3.05, 3.63) is 35.4 Å². The maximum absolute atomic E-state index is 14.4. The van der Waals surface area contributed by atoms with Crippen LogP contribution in [0.25, 0.3) is 0 Å². The summed E-state index contributed by atoms with van der Waals surface area (Å²) in [5, 5.41) is 0. The van der Waals surface area contributed by atoms with Gasteiger partial charge in [0.15, 0.2) is 0 Å². The molecule has 49 heavy (non-hydrogen) atoms. The predicted octanol–water partition coefficient (Wildman–Crippen LogP) is 11.8. The van der Waals surface area contributed by atoms with Crippen LogP contribution < -0.4 is 0 Å². The average molecular weight is 745 g/mol. The van der Waals surface area contributed by atoms with Gasteiger partial charge in [0.05, 0.1) is 0 Å². The molecule has 1 aromatic carbocycles. The van der Waals surface area contributed by atoms with Gasteiger partial charge in [0.1, 0.15) is 0 Å². The van der Waals surface area contributed by atoms with Gasteiger partial charge in [-0.15, -0.1) is 0 Å². The van der Waals surface area contributed by atoms with E-state index in [1.54, 1.807) is 0 Å². The molecule has 3 rings (SSSR count). The fraction of sp³-hybridized carbons (Fsp3) is 0.774. The lowest BCUT2D eigenvalue weighted by Gasteiger charge is -2.42. The van der Waals surface area contributed by atoms with Gasteiger partial charge in [0.2, 0.25) is 5.78 Å². The molecule has 0 unspecified atom stereocenters. The molecule has 2 fully saturated rings. The highest BCUT2D eigenvalue weighted by atomic mass is 19.4. The number of ketones is 1. The molecule has 0 spiro atoms. The van der Waals surface area contributed by atoms with Gasteiger partial charge < -0.3 is 0 Å². The lowest BCUT2D eigenvalue weighted by Crippen LogP contribution is -2.75. The molecular formula is C31H33F17O. The van der Waals surface area contributed by atoms with E-state index in [0.717, 1.165) is 50.2 Å². The van der Waals surface area contributed by atoms with Crippen LogP contribution in [0.2, 0.25) is 0 Å². The molecule has 0 N–H and O–H groups in total. The number of hydrogen-bond acceptors (Lipinski definition) is 1. The third kappa shape index (κ3) is 6.99. The van der Waals surface area contributed by atoms with Gasteiger partial charge in [-0.3, -0.25) is 4.79 Å². The Balaban J connectivity index is 1.70. The molecule has 2 aliphatic rings. The minimum atomic E-state index is -8.74. The van der Waals surface area contributed by atoms with Crippen LogP contribution >= 0.6 is 0 Å². The molecule has 0 aliphatic heterocycles. The maximum atomic E-state index is 14.4. The summed E-state index contributed by atoms with van der Waals surface area (Å²) < 4.78 is 230. The third-order valence-electron chi connectivity index (χ3n) is 10.1. The SMILES string of the molecule is CC[C@H]1CC[C@H](C2CCC(CCc3ccc(C(=O)C(F)(F)C(F)(F)C(F)(F)C(F)(F)C(F)(F)C(F)(F)C(F)(F)C(F)(F)F)cc3)CC2)CC1. The molecule has 0 saturated heterocycles. The van der Waals surface area contributed by atoms with Crippen LogP contribution in [0.1, 0.15) is 87.1 Å². The second-order valence-electron chi connectivity index (χ2n) is 13.1. The molecule has 1 aromatic rings. The second-order valence-corrected chi connectivity index (χ2v) is 13.1. The van der Waals surface area contributed by atoms with E-state index in [1.807, 2.05) is 0 Å². The Labute approximate surface area is 270 Å². The minimum absolute atomic E-state index is 0.276. The van der Waals surface area contributed by atoms with Crippen molar-refractivity contribution >= 4 is 5.78 Å². The highest BCUT2D eigenvalue weighted by Crippen LogP contribution is 2.64. The van der Waals surface area contributed by atoms with Gasteiger partial charge in [-0.1, -0.05) is 63.3 Å². The van der Waals surface area contributed by atoms with E-state index in [9.17, 15) is 79.4 Å². The van der Waals surface area contributed by atoms with E-state index >= 15 is 0 Å². The molecule has 0 bridgehead atoms. The number of aryl methyl sites for hydroxylation is 1. The van der Waals surface area contributed by atoms with Crippen molar-refractivity contribution in [2.75, 3.05) is 0 Å². The summed E-state index contributed by atoms with van der Waals surface area (Å²) in [5.74, 6) is -59.0. The summed E-state index contributed by atoms with van der Waals surface area (Å²) in [6.45, 7) is 2.17. The Morgan fingerprint density at radius 1 is 0.531 bits per heavy atom. The van der Waals surface area contributed by atoms with E-state index in [-0.39, 0.29) is 12.3 Å². The first-order valence-corrected chi connectivity index (χ1v) is 15.5. The van der Waals surface area contributed by atoms with Gasteiger partial charge >= 0.3 is 47.6 Å². The number of rotatable bonds is 13. The van der Waals surface area contributed by atoms with Crippen LogP contribution in [0, 0.1) is 23.7 Å². The van der Waals surface area contributed by atoms with Gasteiger partial charge in [0, 0.05) is 5.56 Å². The monoisotopic (exact) mass is 744 g/mol. The Morgan fingerprint density at radius 3 is 1.29 bits per heavy atom. The van der Waals surface area contributed by atoms with Crippen molar-refractivity contribution in [3.8, 4) is 0 Å². The average Bonchev–Trinajstić information content (AvgIpc) is 3.02. The van der Waals surface area contributed by atoms with Crippen LogP contribution in [0.3, 0.4) is 0 Å². The Morgan fingerprint density at radius 2 is 0.898 bits per heavy atom. The van der Waals surface area contributed by atoms with E-state index in [1.165, 1.54) is 25.7 Å². The zero-order chi connectivity index (χ0) is 37.6. The molecule has 2 saturated carbocycles. The molecule has 0 heterocycles. The van der Waals surface area contributed by atoms with Crippen molar-refractivity contribution in [1.29, 1.82) is 0 Å². The van der Waals surface area contributed by atoms with Crippen molar-refractivity contribution in [1.82, 2.24) is 0 Å². The highest BCUT2D eigenvalue weighted by Gasteiger charge is 2.95. The quantitative estimate of drug-likeness (QED) is 0.145.